The maximum absolute atomic E-state index is 11.6. The van der Waals surface area contributed by atoms with E-state index in [0.717, 1.165) is 5.56 Å². The predicted molar refractivity (Wildman–Crippen MR) is 71.7 cm³/mol. The number of ether oxygens (including phenoxy) is 1. The monoisotopic (exact) mass is 299 g/mol. The van der Waals surface area contributed by atoms with Crippen LogP contribution < -0.4 is 10.2 Å². The van der Waals surface area contributed by atoms with Gasteiger partial charge in [0.15, 0.2) is 6.23 Å². The highest BCUT2D eigenvalue weighted by Gasteiger charge is 2.21. The summed E-state index contributed by atoms with van der Waals surface area (Å²) < 4.78 is 20.2. The highest BCUT2D eigenvalue weighted by atomic mass is 31.1. The van der Waals surface area contributed by atoms with Crippen LogP contribution in [-0.4, -0.2) is 12.3 Å². The molecule has 0 saturated heterocycles. The molecule has 110 valence electrons. The fourth-order valence-electron chi connectivity index (χ4n) is 1.56. The Balaban J connectivity index is 2.42. The van der Waals surface area contributed by atoms with Crippen LogP contribution in [0.25, 0.3) is 0 Å². The van der Waals surface area contributed by atoms with Gasteiger partial charge in [-0.2, -0.15) is 0 Å². The van der Waals surface area contributed by atoms with Gasteiger partial charge in [0.1, 0.15) is 6.61 Å². The molecule has 1 N–H and O–H groups in total. The van der Waals surface area contributed by atoms with Gasteiger partial charge in [-0.1, -0.05) is 44.2 Å². The van der Waals surface area contributed by atoms with E-state index in [-0.39, 0.29) is 12.5 Å². The molecule has 1 aromatic rings. The van der Waals surface area contributed by atoms with Gasteiger partial charge in [-0.05, 0) is 22.5 Å². The van der Waals surface area contributed by atoms with E-state index in [1.807, 2.05) is 44.2 Å². The molecule has 0 radical (unpaired) electrons. The van der Waals surface area contributed by atoms with Gasteiger partial charge in [0.2, 0.25) is 0 Å². The van der Waals surface area contributed by atoms with Gasteiger partial charge >= 0.3 is 14.3 Å². The lowest BCUT2D eigenvalue weighted by molar-refractivity contribution is -0.190. The molecule has 0 aromatic heterocycles. The van der Waals surface area contributed by atoms with Gasteiger partial charge in [0.05, 0.1) is 0 Å². The van der Waals surface area contributed by atoms with E-state index in [1.54, 1.807) is 0 Å². The summed E-state index contributed by atoms with van der Waals surface area (Å²) in [6, 6.07) is 9.18. The second kappa shape index (κ2) is 8.64. The maximum atomic E-state index is 11.6. The summed E-state index contributed by atoms with van der Waals surface area (Å²) in [7, 11) is -3.02. The lowest BCUT2D eigenvalue weighted by Crippen LogP contribution is -2.37. The summed E-state index contributed by atoms with van der Waals surface area (Å²) in [6.07, 6.45) is -1.24. The average Bonchev–Trinajstić information content (AvgIpc) is 2.36. The third-order valence-electron chi connectivity index (χ3n) is 2.39. The molecule has 2 unspecified atom stereocenters. The molecular weight excluding hydrogens is 281 g/mol. The Labute approximate surface area is 119 Å². The number of rotatable bonds is 7. The number of hydrogen-bond acceptors (Lipinski definition) is 5. The Hall–Kier alpha value is -1.49. The Bertz CT molecular complexity index is 438. The first-order chi connectivity index (χ1) is 9.47. The first-order valence-corrected chi connectivity index (χ1v) is 7.35. The predicted octanol–water partition coefficient (Wildman–Crippen LogP) is 2.32. The number of carbonyl (C=O) groups is 1. The van der Waals surface area contributed by atoms with E-state index in [9.17, 15) is 14.3 Å². The summed E-state index contributed by atoms with van der Waals surface area (Å²) in [4.78, 5) is 22.2. The van der Waals surface area contributed by atoms with Crippen molar-refractivity contribution in [2.45, 2.75) is 33.1 Å². The van der Waals surface area contributed by atoms with E-state index in [2.05, 4.69) is 9.84 Å². The lowest BCUT2D eigenvalue weighted by Gasteiger charge is -2.15. The average molecular weight is 299 g/mol. The molecule has 0 spiro atoms. The topological polar surface area (TPSA) is 87.7 Å². The molecule has 1 aromatic carbocycles. The minimum absolute atomic E-state index is 0.116. The molecule has 0 heterocycles. The molecule has 0 fully saturated rings. The van der Waals surface area contributed by atoms with Crippen LogP contribution in [0, 0.1) is 5.92 Å². The molecule has 1 amide bonds. The number of nitrogens with one attached hydrogen (secondary N) is 1. The summed E-state index contributed by atoms with van der Waals surface area (Å²) in [5, 5.41) is 2.38. The van der Waals surface area contributed by atoms with Crippen LogP contribution in [0.2, 0.25) is 0 Å². The fourth-order valence-corrected chi connectivity index (χ4v) is 1.90. The van der Waals surface area contributed by atoms with Crippen LogP contribution in [-0.2, 0) is 20.4 Å². The van der Waals surface area contributed by atoms with E-state index >= 15 is 0 Å². The molecule has 1 rings (SSSR count). The highest BCUT2D eigenvalue weighted by molar-refractivity contribution is 7.30. The van der Waals surface area contributed by atoms with Gasteiger partial charge in [-0.15, -0.1) is 4.52 Å². The molecular formula is C13H18NO5P. The van der Waals surface area contributed by atoms with Gasteiger partial charge in [-0.25, -0.2) is 4.79 Å². The number of carbonyl (C=O) groups excluding carboxylic acids is 1. The summed E-state index contributed by atoms with van der Waals surface area (Å²) in [6.45, 7) is 3.90. The van der Waals surface area contributed by atoms with Crippen molar-refractivity contribution in [1.29, 1.82) is 0 Å². The summed E-state index contributed by atoms with van der Waals surface area (Å²) in [5.74, 6) is 0.171. The van der Waals surface area contributed by atoms with Crippen molar-refractivity contribution >= 4 is 14.3 Å². The van der Waals surface area contributed by atoms with E-state index in [0.29, 0.717) is 6.42 Å². The van der Waals surface area contributed by atoms with Crippen molar-refractivity contribution in [2.75, 3.05) is 0 Å². The van der Waals surface area contributed by atoms with Crippen LogP contribution in [0.1, 0.15) is 25.8 Å². The smallest absolute Gasteiger partial charge is 0.490 e. The molecule has 0 bridgehead atoms. The number of hydrogen-bond donors (Lipinski definition) is 1. The molecule has 0 aliphatic heterocycles. The zero-order valence-electron chi connectivity index (χ0n) is 11.4. The van der Waals surface area contributed by atoms with Gasteiger partial charge in [0, 0.05) is 0 Å². The molecule has 2 atom stereocenters. The number of amides is 1. The van der Waals surface area contributed by atoms with Crippen LogP contribution in [0.5, 0.6) is 0 Å². The van der Waals surface area contributed by atoms with E-state index < -0.39 is 20.6 Å². The van der Waals surface area contributed by atoms with E-state index in [1.165, 1.54) is 0 Å². The molecule has 6 nitrogen and oxygen atoms in total. The van der Waals surface area contributed by atoms with Crippen LogP contribution in [0.4, 0.5) is 4.79 Å². The minimum Gasteiger partial charge on any atom is -0.566 e. The molecule has 0 saturated carbocycles. The van der Waals surface area contributed by atoms with Crippen molar-refractivity contribution in [3.63, 3.8) is 0 Å². The second-order valence-electron chi connectivity index (χ2n) is 4.65. The Kier molecular flexibility index (Phi) is 7.15. The Morgan fingerprint density at radius 2 is 2.00 bits per heavy atom. The zero-order valence-corrected chi connectivity index (χ0v) is 12.3. The van der Waals surface area contributed by atoms with Gasteiger partial charge in [0.25, 0.3) is 0 Å². The Morgan fingerprint density at radius 3 is 2.55 bits per heavy atom. The summed E-state index contributed by atoms with van der Waals surface area (Å²) in [5.41, 5.74) is 0.846. The fraction of sp³-hybridized carbons (Fsp3) is 0.462. The minimum atomic E-state index is -3.02. The van der Waals surface area contributed by atoms with Gasteiger partial charge in [-0.3, -0.25) is 5.32 Å². The highest BCUT2D eigenvalue weighted by Crippen LogP contribution is 2.17. The van der Waals surface area contributed by atoms with Crippen molar-refractivity contribution in [3.05, 3.63) is 35.9 Å². The van der Waals surface area contributed by atoms with E-state index in [4.69, 9.17) is 4.74 Å². The van der Waals surface area contributed by atoms with Crippen molar-refractivity contribution in [1.82, 2.24) is 5.32 Å². The summed E-state index contributed by atoms with van der Waals surface area (Å²) >= 11 is 0. The standard InChI is InChI=1S/C13H18NO5P/c1-10(2)8-12(19-20(16)17)14-13(15)18-9-11-6-4-3-5-7-11/h3-7,10,12H,8-9H2,1-2H3,(H,14,15). The molecule has 7 heteroatoms. The largest absolute Gasteiger partial charge is 0.566 e. The van der Waals surface area contributed by atoms with Crippen LogP contribution in [0.15, 0.2) is 30.3 Å². The molecule has 0 aliphatic carbocycles. The van der Waals surface area contributed by atoms with Crippen LogP contribution >= 0.6 is 8.25 Å². The normalized spacial score (nSPS) is 12.9. The zero-order chi connectivity index (χ0) is 15.0. The third-order valence-corrected chi connectivity index (χ3v) is 2.82. The SMILES string of the molecule is CC(C)CC(NC(=O)OCc1ccccc1)O[P+](=O)[O-]. The quantitative estimate of drug-likeness (QED) is 0.616. The first kappa shape index (κ1) is 16.6. The van der Waals surface area contributed by atoms with Crippen molar-refractivity contribution in [3.8, 4) is 0 Å². The van der Waals surface area contributed by atoms with Crippen molar-refractivity contribution in [2.24, 2.45) is 5.92 Å². The lowest BCUT2D eigenvalue weighted by atomic mass is 10.1. The van der Waals surface area contributed by atoms with Gasteiger partial charge < -0.3 is 9.63 Å². The number of alkyl carbamates (subject to hydrolysis) is 1. The first-order valence-electron chi connectivity index (χ1n) is 6.25. The molecule has 0 aliphatic rings. The second-order valence-corrected chi connectivity index (χ2v) is 5.31. The number of benzene rings is 1. The van der Waals surface area contributed by atoms with Crippen molar-refractivity contribution < 1.29 is 23.5 Å². The third kappa shape index (κ3) is 7.19. The maximum Gasteiger partial charge on any atom is 0.490 e. The Morgan fingerprint density at radius 1 is 1.35 bits per heavy atom. The molecule has 20 heavy (non-hydrogen) atoms. The van der Waals surface area contributed by atoms with Crippen LogP contribution in [0.3, 0.4) is 0 Å².